The summed E-state index contributed by atoms with van der Waals surface area (Å²) < 4.78 is 23.5. The van der Waals surface area contributed by atoms with Gasteiger partial charge in [-0.1, -0.05) is 6.07 Å². The van der Waals surface area contributed by atoms with Gasteiger partial charge in [-0.25, -0.2) is 14.4 Å². The second-order valence-corrected chi connectivity index (χ2v) is 11.3. The molecular formula is C32H30FN7O2. The van der Waals surface area contributed by atoms with E-state index < -0.39 is 5.82 Å². The first-order valence-corrected chi connectivity index (χ1v) is 14.2. The van der Waals surface area contributed by atoms with Crippen molar-refractivity contribution in [2.45, 2.75) is 38.3 Å². The van der Waals surface area contributed by atoms with Crippen LogP contribution in [0, 0.1) is 17.1 Å². The zero-order valence-corrected chi connectivity index (χ0v) is 23.5. The van der Waals surface area contributed by atoms with Crippen LogP contribution in [0.5, 0.6) is 0 Å². The van der Waals surface area contributed by atoms with Crippen LogP contribution < -0.4 is 5.56 Å². The molecule has 1 aliphatic carbocycles. The number of nitriles is 1. The third-order valence-electron chi connectivity index (χ3n) is 8.15. The number of halogens is 1. The van der Waals surface area contributed by atoms with Crippen molar-refractivity contribution >= 4 is 10.9 Å². The molecule has 0 unspecified atom stereocenters. The Kier molecular flexibility index (Phi) is 6.49. The second kappa shape index (κ2) is 10.4. The van der Waals surface area contributed by atoms with Gasteiger partial charge >= 0.3 is 0 Å². The summed E-state index contributed by atoms with van der Waals surface area (Å²) in [6, 6.07) is 12.2. The number of aryl methyl sites for hydroxylation is 1. The number of imidazole rings is 1. The highest BCUT2D eigenvalue weighted by Crippen LogP contribution is 2.43. The predicted molar refractivity (Wildman–Crippen MR) is 157 cm³/mol. The SMILES string of the molecule is C[C@@H]1CN(Cc2cc3c(C4CC4)cn(-c4cc(-c5ccc(F)cc5-c5nccn5C)cc(C#N)n4)c(=O)c3[nH]2)CCO1. The Hall–Kier alpha value is -4.59. The second-order valence-electron chi connectivity index (χ2n) is 11.3. The number of rotatable bonds is 6. The van der Waals surface area contributed by atoms with E-state index in [0.29, 0.717) is 52.9 Å². The number of fused-ring (bicyclic) bond motifs is 1. The van der Waals surface area contributed by atoms with Crippen LogP contribution in [0.25, 0.3) is 39.2 Å². The topological polar surface area (TPSA) is 105 Å². The molecule has 7 rings (SSSR count). The molecule has 1 atom stereocenters. The number of nitrogens with one attached hydrogen (secondary N) is 1. The molecule has 1 N–H and O–H groups in total. The molecule has 5 heterocycles. The summed E-state index contributed by atoms with van der Waals surface area (Å²) in [5.74, 6) is 0.907. The molecule has 1 aromatic carbocycles. The maximum absolute atomic E-state index is 14.4. The first kappa shape index (κ1) is 26.3. The van der Waals surface area contributed by atoms with E-state index in [0.717, 1.165) is 42.6 Å². The van der Waals surface area contributed by atoms with Crippen LogP contribution in [-0.2, 0) is 18.3 Å². The van der Waals surface area contributed by atoms with Crippen molar-refractivity contribution in [1.29, 1.82) is 5.26 Å². The van der Waals surface area contributed by atoms with Gasteiger partial charge in [0.15, 0.2) is 0 Å². The Labute approximate surface area is 241 Å². The number of nitrogens with zero attached hydrogens (tertiary/aromatic N) is 6. The number of hydrogen-bond donors (Lipinski definition) is 1. The van der Waals surface area contributed by atoms with Gasteiger partial charge in [0.2, 0.25) is 0 Å². The number of morpholine rings is 1. The molecule has 0 bridgehead atoms. The van der Waals surface area contributed by atoms with Crippen molar-refractivity contribution < 1.29 is 9.13 Å². The van der Waals surface area contributed by atoms with Crippen molar-refractivity contribution in [2.24, 2.45) is 7.05 Å². The van der Waals surface area contributed by atoms with E-state index in [1.807, 2.05) is 17.8 Å². The maximum atomic E-state index is 14.4. The number of aromatic amines is 1. The Morgan fingerprint density at radius 2 is 2.05 bits per heavy atom. The predicted octanol–water partition coefficient (Wildman–Crippen LogP) is 4.89. The number of ether oxygens (including phenoxy) is 1. The van der Waals surface area contributed by atoms with Gasteiger partial charge in [0, 0.05) is 61.9 Å². The highest BCUT2D eigenvalue weighted by molar-refractivity contribution is 5.85. The van der Waals surface area contributed by atoms with E-state index in [1.54, 1.807) is 35.2 Å². The molecule has 5 aromatic rings. The number of benzene rings is 1. The number of hydrogen-bond acceptors (Lipinski definition) is 6. The summed E-state index contributed by atoms with van der Waals surface area (Å²) in [5, 5.41) is 10.8. The molecule has 10 heteroatoms. The summed E-state index contributed by atoms with van der Waals surface area (Å²) in [7, 11) is 1.84. The molecule has 1 aliphatic heterocycles. The fraction of sp³-hybridized carbons (Fsp3) is 0.312. The molecule has 2 fully saturated rings. The lowest BCUT2D eigenvalue weighted by Gasteiger charge is -2.30. The lowest BCUT2D eigenvalue weighted by atomic mass is 9.98. The van der Waals surface area contributed by atoms with Crippen LogP contribution in [0.2, 0.25) is 0 Å². The largest absolute Gasteiger partial charge is 0.376 e. The van der Waals surface area contributed by atoms with Gasteiger partial charge in [-0.15, -0.1) is 0 Å². The fourth-order valence-electron chi connectivity index (χ4n) is 5.98. The van der Waals surface area contributed by atoms with E-state index in [1.165, 1.54) is 12.1 Å². The summed E-state index contributed by atoms with van der Waals surface area (Å²) in [6.45, 7) is 5.16. The van der Waals surface area contributed by atoms with E-state index in [-0.39, 0.29) is 17.4 Å². The third-order valence-corrected chi connectivity index (χ3v) is 8.15. The van der Waals surface area contributed by atoms with Gasteiger partial charge < -0.3 is 14.3 Å². The number of pyridine rings is 2. The minimum absolute atomic E-state index is 0.159. The molecule has 4 aromatic heterocycles. The Bertz CT molecular complexity index is 1930. The highest BCUT2D eigenvalue weighted by Gasteiger charge is 2.29. The van der Waals surface area contributed by atoms with E-state index in [2.05, 4.69) is 38.9 Å². The van der Waals surface area contributed by atoms with Gasteiger partial charge in [0.1, 0.15) is 34.7 Å². The van der Waals surface area contributed by atoms with E-state index >= 15 is 0 Å². The molecule has 0 amide bonds. The summed E-state index contributed by atoms with van der Waals surface area (Å²) in [4.78, 5) is 28.7. The van der Waals surface area contributed by atoms with Crippen LogP contribution >= 0.6 is 0 Å². The first-order valence-electron chi connectivity index (χ1n) is 14.2. The van der Waals surface area contributed by atoms with Crippen LogP contribution in [0.4, 0.5) is 4.39 Å². The average Bonchev–Trinajstić information content (AvgIpc) is 3.59. The monoisotopic (exact) mass is 563 g/mol. The fourth-order valence-corrected chi connectivity index (χ4v) is 5.98. The molecule has 42 heavy (non-hydrogen) atoms. The minimum Gasteiger partial charge on any atom is -0.376 e. The molecule has 0 spiro atoms. The first-order chi connectivity index (χ1) is 20.4. The molecule has 1 saturated heterocycles. The highest BCUT2D eigenvalue weighted by atomic mass is 19.1. The van der Waals surface area contributed by atoms with Gasteiger partial charge in [0.05, 0.1) is 12.7 Å². The average molecular weight is 564 g/mol. The van der Waals surface area contributed by atoms with E-state index in [9.17, 15) is 14.4 Å². The van der Waals surface area contributed by atoms with Gasteiger partial charge in [0.25, 0.3) is 5.56 Å². The molecule has 9 nitrogen and oxygen atoms in total. The molecular weight excluding hydrogens is 533 g/mol. The Morgan fingerprint density at radius 3 is 2.79 bits per heavy atom. The van der Waals surface area contributed by atoms with Crippen LogP contribution in [-0.4, -0.2) is 54.8 Å². The molecule has 1 saturated carbocycles. The smallest absolute Gasteiger partial charge is 0.280 e. The quantitative estimate of drug-likeness (QED) is 0.316. The summed E-state index contributed by atoms with van der Waals surface area (Å²) >= 11 is 0. The summed E-state index contributed by atoms with van der Waals surface area (Å²) in [5.41, 5.74) is 4.46. The third kappa shape index (κ3) is 4.81. The molecule has 2 aliphatic rings. The molecule has 0 radical (unpaired) electrons. The van der Waals surface area contributed by atoms with Crippen molar-refractivity contribution in [3.8, 4) is 34.4 Å². The van der Waals surface area contributed by atoms with Crippen LogP contribution in [0.15, 0.2) is 59.8 Å². The number of H-pyrrole nitrogens is 1. The summed E-state index contributed by atoms with van der Waals surface area (Å²) in [6.07, 6.45) is 7.63. The van der Waals surface area contributed by atoms with Crippen molar-refractivity contribution in [3.63, 3.8) is 0 Å². The van der Waals surface area contributed by atoms with Gasteiger partial charge in [-0.2, -0.15) is 5.26 Å². The van der Waals surface area contributed by atoms with Crippen molar-refractivity contribution in [3.05, 3.63) is 88.1 Å². The van der Waals surface area contributed by atoms with Crippen LogP contribution in [0.3, 0.4) is 0 Å². The van der Waals surface area contributed by atoms with Crippen molar-refractivity contribution in [2.75, 3.05) is 19.7 Å². The number of aromatic nitrogens is 5. The lowest BCUT2D eigenvalue weighted by molar-refractivity contribution is -0.0215. The standard InChI is InChI=1S/C32H30FN7O2/c1-19-16-39(9-10-42-19)17-24-14-26-28(20-3-4-20)18-40(32(41)30(26)37-24)29-12-21(11-23(15-34)36-29)25-6-5-22(33)13-27(25)31-35-7-8-38(31)2/h5-8,11-14,18-20,37H,3-4,9-10,16-17H2,1-2H3/t19-/m1/s1. The van der Waals surface area contributed by atoms with Gasteiger partial charge in [-0.05, 0) is 72.7 Å². The Balaban J connectivity index is 1.36. The zero-order valence-electron chi connectivity index (χ0n) is 23.5. The zero-order chi connectivity index (χ0) is 29.0. The minimum atomic E-state index is -0.392. The van der Waals surface area contributed by atoms with Crippen LogP contribution in [0.1, 0.15) is 42.6 Å². The normalized spacial score (nSPS) is 17.5. The van der Waals surface area contributed by atoms with Crippen molar-refractivity contribution in [1.82, 2.24) is 29.0 Å². The van der Waals surface area contributed by atoms with E-state index in [4.69, 9.17) is 4.74 Å². The lowest BCUT2D eigenvalue weighted by Crippen LogP contribution is -2.40. The molecule has 212 valence electrons. The Morgan fingerprint density at radius 1 is 1.19 bits per heavy atom. The maximum Gasteiger partial charge on any atom is 0.280 e. The van der Waals surface area contributed by atoms with Gasteiger partial charge in [-0.3, -0.25) is 14.3 Å².